The van der Waals surface area contributed by atoms with Crippen molar-refractivity contribution in [3.8, 4) is 0 Å². The van der Waals surface area contributed by atoms with E-state index in [0.29, 0.717) is 25.0 Å². The van der Waals surface area contributed by atoms with Gasteiger partial charge in [-0.1, -0.05) is 92.8 Å². The molecule has 0 rings (SSSR count). The fraction of sp³-hybridized carbons (Fsp3) is 0.514. The van der Waals surface area contributed by atoms with Crippen LogP contribution in [0.5, 0.6) is 0 Å². The standard InChI is InChI=1S/C34H53NO2.CO2/c1-4-6-8-9-10-11-12-13-14-15-16-17-18-19-20-21-22-23-24-28-34(37)30-26-32-35(3)31-25-29-33(36)27-7-5-2;2-1-3/h6-8,10-11,13-14,16-17,19-20,22-23,27H,4-5,9,12,15,18,21,24-26,28-32H2,1-3H3;/b8-6-,11-10-,14-13-,17-16-,20-19-,23-22-,27-7+;. The maximum Gasteiger partial charge on any atom is 0.373 e. The number of rotatable bonds is 24. The smallest absolute Gasteiger partial charge is 0.306 e. The SMILES string of the molecule is CC/C=C\C/C=C\C/C=C\C/C=C\C/C=C\C/C=C\CCC(=O)CCCN(C)CCCC(=O)/C=C/CC.O=C=O. The maximum atomic E-state index is 12.1. The Morgan fingerprint density at radius 2 is 0.975 bits per heavy atom. The largest absolute Gasteiger partial charge is 0.373 e. The van der Waals surface area contributed by atoms with Gasteiger partial charge in [0.25, 0.3) is 0 Å². The fourth-order valence-corrected chi connectivity index (χ4v) is 3.52. The van der Waals surface area contributed by atoms with Gasteiger partial charge < -0.3 is 4.90 Å². The van der Waals surface area contributed by atoms with E-state index in [-0.39, 0.29) is 11.9 Å². The predicted molar refractivity (Wildman–Crippen MR) is 168 cm³/mol. The predicted octanol–water partition coefficient (Wildman–Crippen LogP) is 8.48. The molecule has 0 radical (unpaired) electrons. The highest BCUT2D eigenvalue weighted by molar-refractivity contribution is 5.89. The van der Waals surface area contributed by atoms with Crippen molar-refractivity contribution in [1.82, 2.24) is 4.90 Å². The topological polar surface area (TPSA) is 71.5 Å². The highest BCUT2D eigenvalue weighted by atomic mass is 16.2. The minimum Gasteiger partial charge on any atom is -0.306 e. The van der Waals surface area contributed by atoms with Crippen LogP contribution in [-0.2, 0) is 19.2 Å². The molecule has 0 aliphatic heterocycles. The zero-order valence-corrected chi connectivity index (χ0v) is 25.3. The molecule has 0 aliphatic carbocycles. The molecule has 0 amide bonds. The molecule has 0 heterocycles. The average Bonchev–Trinajstić information content (AvgIpc) is 2.93. The summed E-state index contributed by atoms with van der Waals surface area (Å²) in [6, 6.07) is 0. The molecule has 0 aliphatic rings. The van der Waals surface area contributed by atoms with Crippen molar-refractivity contribution >= 4 is 17.7 Å². The van der Waals surface area contributed by atoms with E-state index < -0.39 is 0 Å². The normalized spacial score (nSPS) is 12.2. The summed E-state index contributed by atoms with van der Waals surface area (Å²) in [5.41, 5.74) is 0. The first-order chi connectivity index (χ1) is 19.5. The van der Waals surface area contributed by atoms with Gasteiger partial charge in [0.05, 0.1) is 0 Å². The number of hydrogen-bond acceptors (Lipinski definition) is 5. The lowest BCUT2D eigenvalue weighted by Gasteiger charge is -2.15. The van der Waals surface area contributed by atoms with Crippen molar-refractivity contribution in [3.63, 3.8) is 0 Å². The van der Waals surface area contributed by atoms with Crippen molar-refractivity contribution in [2.24, 2.45) is 0 Å². The third kappa shape index (κ3) is 34.9. The Balaban J connectivity index is 0. The Labute approximate surface area is 244 Å². The number of Topliss-reactive ketones (excluding diaryl/α,β-unsaturated/α-hetero) is 1. The van der Waals surface area contributed by atoms with E-state index in [1.807, 2.05) is 13.0 Å². The lowest BCUT2D eigenvalue weighted by molar-refractivity contribution is -0.191. The second kappa shape index (κ2) is 33.9. The maximum absolute atomic E-state index is 12.1. The Kier molecular flexibility index (Phi) is 33.0. The minimum absolute atomic E-state index is 0.208. The zero-order valence-electron chi connectivity index (χ0n) is 25.3. The first kappa shape index (κ1) is 39.0. The molecule has 0 N–H and O–H groups in total. The van der Waals surface area contributed by atoms with Crippen LogP contribution in [-0.4, -0.2) is 42.8 Å². The Morgan fingerprint density at radius 3 is 1.43 bits per heavy atom. The monoisotopic (exact) mass is 551 g/mol. The summed E-state index contributed by atoms with van der Waals surface area (Å²) in [5, 5.41) is 0. The Hall–Kier alpha value is -3.14. The minimum atomic E-state index is 0.208. The van der Waals surface area contributed by atoms with Gasteiger partial charge >= 0.3 is 6.15 Å². The molecule has 0 saturated carbocycles. The first-order valence-electron chi connectivity index (χ1n) is 14.8. The van der Waals surface area contributed by atoms with Gasteiger partial charge in [-0.25, -0.2) is 0 Å². The van der Waals surface area contributed by atoms with Crippen LogP contribution in [0.1, 0.15) is 97.3 Å². The highest BCUT2D eigenvalue weighted by Gasteiger charge is 2.04. The second-order valence-electron chi connectivity index (χ2n) is 9.36. The highest BCUT2D eigenvalue weighted by Crippen LogP contribution is 2.04. The summed E-state index contributed by atoms with van der Waals surface area (Å²) in [6.45, 7) is 5.99. The van der Waals surface area contributed by atoms with E-state index in [0.717, 1.165) is 77.3 Å². The molecule has 5 nitrogen and oxygen atoms in total. The second-order valence-corrected chi connectivity index (χ2v) is 9.36. The fourth-order valence-electron chi connectivity index (χ4n) is 3.52. The van der Waals surface area contributed by atoms with Crippen molar-refractivity contribution in [2.45, 2.75) is 97.3 Å². The molecule has 0 aromatic carbocycles. The molecule has 5 heteroatoms. The summed E-state index contributed by atoms with van der Waals surface area (Å²) < 4.78 is 0. The molecule has 0 saturated heterocycles. The van der Waals surface area contributed by atoms with Crippen LogP contribution in [0.2, 0.25) is 0 Å². The van der Waals surface area contributed by atoms with Gasteiger partial charge in [0.1, 0.15) is 5.78 Å². The third-order valence-corrected chi connectivity index (χ3v) is 5.68. The van der Waals surface area contributed by atoms with Gasteiger partial charge in [0.2, 0.25) is 0 Å². The molecule has 222 valence electrons. The molecule has 0 aromatic rings. The van der Waals surface area contributed by atoms with Crippen molar-refractivity contribution in [1.29, 1.82) is 0 Å². The molecular weight excluding hydrogens is 498 g/mol. The lowest BCUT2D eigenvalue weighted by atomic mass is 10.1. The summed E-state index contributed by atoms with van der Waals surface area (Å²) in [6.07, 6.45) is 41.6. The van der Waals surface area contributed by atoms with E-state index in [2.05, 4.69) is 91.8 Å². The van der Waals surface area contributed by atoms with Gasteiger partial charge in [-0.15, -0.1) is 0 Å². The zero-order chi connectivity index (χ0) is 29.9. The van der Waals surface area contributed by atoms with Crippen LogP contribution in [0.3, 0.4) is 0 Å². The number of nitrogens with zero attached hydrogens (tertiary/aromatic N) is 1. The summed E-state index contributed by atoms with van der Waals surface area (Å²) in [4.78, 5) is 42.2. The molecule has 0 aromatic heterocycles. The van der Waals surface area contributed by atoms with Crippen molar-refractivity contribution < 1.29 is 19.2 Å². The first-order valence-corrected chi connectivity index (χ1v) is 14.8. The van der Waals surface area contributed by atoms with Crippen LogP contribution >= 0.6 is 0 Å². The quantitative estimate of drug-likeness (QED) is 0.0888. The van der Waals surface area contributed by atoms with Crippen LogP contribution in [0.15, 0.2) is 85.1 Å². The van der Waals surface area contributed by atoms with E-state index in [4.69, 9.17) is 9.59 Å². The Bertz CT molecular complexity index is 853. The molecule has 0 unspecified atom stereocenters. The van der Waals surface area contributed by atoms with Gasteiger partial charge in [0.15, 0.2) is 5.78 Å². The number of carbonyl (C=O) groups is 2. The summed E-state index contributed by atoms with van der Waals surface area (Å²) in [7, 11) is 2.06. The van der Waals surface area contributed by atoms with E-state index >= 15 is 0 Å². The molecule has 0 fully saturated rings. The van der Waals surface area contributed by atoms with Crippen LogP contribution in [0.25, 0.3) is 0 Å². The van der Waals surface area contributed by atoms with Crippen molar-refractivity contribution in [3.05, 3.63) is 85.1 Å². The van der Waals surface area contributed by atoms with Crippen LogP contribution in [0, 0.1) is 0 Å². The van der Waals surface area contributed by atoms with Gasteiger partial charge in [-0.2, -0.15) is 9.59 Å². The molecule has 0 bridgehead atoms. The number of ketones is 2. The average molecular weight is 552 g/mol. The Morgan fingerprint density at radius 1 is 0.575 bits per heavy atom. The van der Waals surface area contributed by atoms with Gasteiger partial charge in [-0.3, -0.25) is 9.59 Å². The molecule has 0 spiro atoms. The number of hydrogen-bond donors (Lipinski definition) is 0. The molecular formula is C35H53NO4. The number of carbonyl (C=O) groups excluding carboxylic acids is 4. The third-order valence-electron chi connectivity index (χ3n) is 5.68. The van der Waals surface area contributed by atoms with Gasteiger partial charge in [-0.05, 0) is 90.4 Å². The number of allylic oxidation sites excluding steroid dienone is 14. The van der Waals surface area contributed by atoms with E-state index in [1.165, 1.54) is 0 Å². The molecule has 40 heavy (non-hydrogen) atoms. The summed E-state index contributed by atoms with van der Waals surface area (Å²) >= 11 is 0. The van der Waals surface area contributed by atoms with Crippen LogP contribution < -0.4 is 0 Å². The lowest BCUT2D eigenvalue weighted by Crippen LogP contribution is -2.22. The van der Waals surface area contributed by atoms with E-state index in [9.17, 15) is 9.59 Å². The van der Waals surface area contributed by atoms with Crippen molar-refractivity contribution in [2.75, 3.05) is 20.1 Å². The van der Waals surface area contributed by atoms with Gasteiger partial charge in [0, 0.05) is 19.3 Å². The van der Waals surface area contributed by atoms with Crippen LogP contribution in [0.4, 0.5) is 0 Å². The molecule has 0 atom stereocenters. The van der Waals surface area contributed by atoms with E-state index in [1.54, 1.807) is 6.08 Å². The summed E-state index contributed by atoms with van der Waals surface area (Å²) in [5.74, 6) is 0.549.